The van der Waals surface area contributed by atoms with E-state index >= 15 is 0 Å². The van der Waals surface area contributed by atoms with Gasteiger partial charge in [0.25, 0.3) is 0 Å². The van der Waals surface area contributed by atoms with Crippen molar-refractivity contribution in [1.29, 1.82) is 0 Å². The molecule has 0 radical (unpaired) electrons. The highest BCUT2D eigenvalue weighted by molar-refractivity contribution is 5.98. The SMILES string of the molecule is COC(=O)c1c(N)cccc1OCc1cccc(OC)n1. The molecule has 110 valence electrons. The number of ether oxygens (including phenoxy) is 3. The van der Waals surface area contributed by atoms with E-state index in [0.717, 1.165) is 0 Å². The van der Waals surface area contributed by atoms with Gasteiger partial charge in [-0.1, -0.05) is 12.1 Å². The van der Waals surface area contributed by atoms with Gasteiger partial charge in [0.15, 0.2) is 0 Å². The van der Waals surface area contributed by atoms with E-state index in [1.807, 2.05) is 6.07 Å². The monoisotopic (exact) mass is 288 g/mol. The number of hydrogen-bond acceptors (Lipinski definition) is 6. The van der Waals surface area contributed by atoms with E-state index in [9.17, 15) is 4.79 Å². The van der Waals surface area contributed by atoms with Crippen LogP contribution in [-0.4, -0.2) is 25.2 Å². The van der Waals surface area contributed by atoms with Gasteiger partial charge in [-0.2, -0.15) is 0 Å². The van der Waals surface area contributed by atoms with Crippen molar-refractivity contribution in [2.45, 2.75) is 6.61 Å². The molecule has 1 heterocycles. The third-order valence-electron chi connectivity index (χ3n) is 2.81. The van der Waals surface area contributed by atoms with Crippen LogP contribution in [0.15, 0.2) is 36.4 Å². The average Bonchev–Trinajstić information content (AvgIpc) is 2.52. The van der Waals surface area contributed by atoms with Gasteiger partial charge in [0, 0.05) is 11.8 Å². The molecule has 2 N–H and O–H groups in total. The molecule has 6 heteroatoms. The van der Waals surface area contributed by atoms with Crippen LogP contribution in [0.1, 0.15) is 16.1 Å². The number of esters is 1. The number of benzene rings is 1. The molecule has 2 aromatic rings. The summed E-state index contributed by atoms with van der Waals surface area (Å²) in [4.78, 5) is 16.0. The van der Waals surface area contributed by atoms with Crippen molar-refractivity contribution in [3.63, 3.8) is 0 Å². The first-order valence-corrected chi connectivity index (χ1v) is 6.25. The minimum atomic E-state index is -0.540. The van der Waals surface area contributed by atoms with Gasteiger partial charge in [-0.25, -0.2) is 9.78 Å². The maximum absolute atomic E-state index is 11.7. The molecular formula is C15H16N2O4. The number of nitrogens with zero attached hydrogens (tertiary/aromatic N) is 1. The summed E-state index contributed by atoms with van der Waals surface area (Å²) in [7, 11) is 2.84. The van der Waals surface area contributed by atoms with Crippen molar-refractivity contribution in [3.8, 4) is 11.6 Å². The topological polar surface area (TPSA) is 83.7 Å². The molecule has 0 saturated heterocycles. The first-order chi connectivity index (χ1) is 10.2. The van der Waals surface area contributed by atoms with Gasteiger partial charge >= 0.3 is 5.97 Å². The lowest BCUT2D eigenvalue weighted by molar-refractivity contribution is 0.0596. The lowest BCUT2D eigenvalue weighted by Crippen LogP contribution is -2.09. The Morgan fingerprint density at radius 1 is 1.19 bits per heavy atom. The Balaban J connectivity index is 2.20. The molecule has 21 heavy (non-hydrogen) atoms. The number of pyridine rings is 1. The number of rotatable bonds is 5. The fourth-order valence-corrected chi connectivity index (χ4v) is 1.79. The zero-order valence-electron chi connectivity index (χ0n) is 11.8. The first kappa shape index (κ1) is 14.6. The van der Waals surface area contributed by atoms with E-state index in [-0.39, 0.29) is 12.2 Å². The fraction of sp³-hybridized carbons (Fsp3) is 0.200. The molecule has 0 aliphatic carbocycles. The molecular weight excluding hydrogens is 272 g/mol. The minimum absolute atomic E-state index is 0.185. The molecule has 0 bridgehead atoms. The minimum Gasteiger partial charge on any atom is -0.486 e. The van der Waals surface area contributed by atoms with Crippen molar-refractivity contribution >= 4 is 11.7 Å². The Morgan fingerprint density at radius 2 is 1.95 bits per heavy atom. The molecule has 0 aliphatic rings. The number of hydrogen-bond donors (Lipinski definition) is 1. The van der Waals surface area contributed by atoms with Gasteiger partial charge in [0.1, 0.15) is 17.9 Å². The maximum Gasteiger partial charge on any atom is 0.343 e. The van der Waals surface area contributed by atoms with E-state index in [4.69, 9.17) is 19.9 Å². The Kier molecular flexibility index (Phi) is 4.61. The number of carbonyl (C=O) groups is 1. The lowest BCUT2D eigenvalue weighted by Gasteiger charge is -2.12. The second-order valence-corrected chi connectivity index (χ2v) is 4.17. The number of methoxy groups -OCH3 is 2. The molecule has 0 fully saturated rings. The maximum atomic E-state index is 11.7. The highest BCUT2D eigenvalue weighted by Crippen LogP contribution is 2.26. The number of carbonyl (C=O) groups excluding carboxylic acids is 1. The van der Waals surface area contributed by atoms with E-state index < -0.39 is 5.97 Å². The predicted molar refractivity (Wildman–Crippen MR) is 77.3 cm³/mol. The second kappa shape index (κ2) is 6.60. The normalized spacial score (nSPS) is 10.0. The van der Waals surface area contributed by atoms with Crippen molar-refractivity contribution in [1.82, 2.24) is 4.98 Å². The number of anilines is 1. The lowest BCUT2D eigenvalue weighted by atomic mass is 10.1. The molecule has 1 aromatic heterocycles. The molecule has 1 aromatic carbocycles. The Bertz CT molecular complexity index is 643. The van der Waals surface area contributed by atoms with Crippen molar-refractivity contribution in [2.75, 3.05) is 20.0 Å². The van der Waals surface area contributed by atoms with Crippen LogP contribution in [-0.2, 0) is 11.3 Å². The molecule has 0 aliphatic heterocycles. The van der Waals surface area contributed by atoms with E-state index in [1.54, 1.807) is 37.4 Å². The Hall–Kier alpha value is -2.76. The molecule has 2 rings (SSSR count). The smallest absolute Gasteiger partial charge is 0.343 e. The summed E-state index contributed by atoms with van der Waals surface area (Å²) in [5.41, 5.74) is 6.98. The van der Waals surface area contributed by atoms with Crippen molar-refractivity contribution in [2.24, 2.45) is 0 Å². The molecule has 0 spiro atoms. The summed E-state index contributed by atoms with van der Waals surface area (Å²) in [5.74, 6) is 0.310. The highest BCUT2D eigenvalue weighted by Gasteiger charge is 2.16. The van der Waals surface area contributed by atoms with E-state index in [0.29, 0.717) is 23.0 Å². The summed E-state index contributed by atoms with van der Waals surface area (Å²) < 4.78 is 15.4. The van der Waals surface area contributed by atoms with Gasteiger partial charge < -0.3 is 19.9 Å². The number of nitrogens with two attached hydrogens (primary N) is 1. The van der Waals surface area contributed by atoms with E-state index in [2.05, 4.69) is 4.98 Å². The fourth-order valence-electron chi connectivity index (χ4n) is 1.79. The Labute approximate surface area is 122 Å². The summed E-state index contributed by atoms with van der Waals surface area (Å²) >= 11 is 0. The highest BCUT2D eigenvalue weighted by atomic mass is 16.5. The van der Waals surface area contributed by atoms with Crippen LogP contribution < -0.4 is 15.2 Å². The van der Waals surface area contributed by atoms with Gasteiger partial charge in [-0.15, -0.1) is 0 Å². The van der Waals surface area contributed by atoms with Crippen LogP contribution in [0.2, 0.25) is 0 Å². The van der Waals surface area contributed by atoms with Crippen LogP contribution in [0.3, 0.4) is 0 Å². The molecule has 6 nitrogen and oxygen atoms in total. The second-order valence-electron chi connectivity index (χ2n) is 4.17. The molecule has 0 unspecified atom stereocenters. The van der Waals surface area contributed by atoms with Crippen molar-refractivity contribution < 1.29 is 19.0 Å². The van der Waals surface area contributed by atoms with Crippen LogP contribution in [0.5, 0.6) is 11.6 Å². The summed E-state index contributed by atoms with van der Waals surface area (Å²) in [6.07, 6.45) is 0. The standard InChI is InChI=1S/C15H16N2O4/c1-19-13-8-3-5-10(17-13)9-21-12-7-4-6-11(16)14(12)15(18)20-2/h3-8H,9,16H2,1-2H3. The predicted octanol–water partition coefficient (Wildman–Crippen LogP) is 2.04. The van der Waals surface area contributed by atoms with E-state index in [1.165, 1.54) is 7.11 Å². The van der Waals surface area contributed by atoms with Crippen LogP contribution in [0.25, 0.3) is 0 Å². The number of aromatic nitrogens is 1. The zero-order valence-corrected chi connectivity index (χ0v) is 11.8. The van der Waals surface area contributed by atoms with Crippen LogP contribution in [0, 0.1) is 0 Å². The Morgan fingerprint density at radius 3 is 2.67 bits per heavy atom. The largest absolute Gasteiger partial charge is 0.486 e. The molecule has 0 amide bonds. The third-order valence-corrected chi connectivity index (χ3v) is 2.81. The zero-order chi connectivity index (χ0) is 15.2. The van der Waals surface area contributed by atoms with Crippen LogP contribution in [0.4, 0.5) is 5.69 Å². The first-order valence-electron chi connectivity index (χ1n) is 6.25. The van der Waals surface area contributed by atoms with Gasteiger partial charge in [0.2, 0.25) is 5.88 Å². The summed E-state index contributed by atoms with van der Waals surface area (Å²) in [5, 5.41) is 0. The van der Waals surface area contributed by atoms with Gasteiger partial charge in [-0.05, 0) is 18.2 Å². The van der Waals surface area contributed by atoms with Gasteiger partial charge in [-0.3, -0.25) is 0 Å². The quantitative estimate of drug-likeness (QED) is 0.669. The number of nitrogen functional groups attached to an aromatic ring is 1. The summed E-state index contributed by atoms with van der Waals surface area (Å²) in [6, 6.07) is 10.3. The van der Waals surface area contributed by atoms with Crippen molar-refractivity contribution in [3.05, 3.63) is 47.7 Å². The molecule has 0 atom stereocenters. The average molecular weight is 288 g/mol. The summed E-state index contributed by atoms with van der Waals surface area (Å²) in [6.45, 7) is 0.185. The van der Waals surface area contributed by atoms with Crippen LogP contribution >= 0.6 is 0 Å². The van der Waals surface area contributed by atoms with Gasteiger partial charge in [0.05, 0.1) is 19.9 Å². The third kappa shape index (κ3) is 3.42. The molecule has 0 saturated carbocycles.